The standard InChI is InChI=1S/2C13H20O3/c2*1-13(2,3)5-4-12(16)9-6-10(14)8-11(15)7-9/h2*6-8,12,14-16H,4-5H2,1-3H3. The second-order valence-corrected chi connectivity index (χ2v) is 10.8. The van der Waals surface area contributed by atoms with Gasteiger partial charge in [-0.25, -0.2) is 0 Å². The fourth-order valence-electron chi connectivity index (χ4n) is 3.09. The van der Waals surface area contributed by atoms with E-state index in [4.69, 9.17) is 0 Å². The summed E-state index contributed by atoms with van der Waals surface area (Å²) in [7, 11) is 0. The predicted molar refractivity (Wildman–Crippen MR) is 127 cm³/mol. The van der Waals surface area contributed by atoms with Crippen molar-refractivity contribution in [1.29, 1.82) is 0 Å². The van der Waals surface area contributed by atoms with Crippen molar-refractivity contribution < 1.29 is 30.6 Å². The van der Waals surface area contributed by atoms with Gasteiger partial charge in [0.25, 0.3) is 0 Å². The van der Waals surface area contributed by atoms with Crippen LogP contribution >= 0.6 is 0 Å². The van der Waals surface area contributed by atoms with Crippen LogP contribution in [0.15, 0.2) is 36.4 Å². The van der Waals surface area contributed by atoms with Crippen LogP contribution in [-0.2, 0) is 0 Å². The van der Waals surface area contributed by atoms with E-state index < -0.39 is 12.2 Å². The molecule has 2 aromatic carbocycles. The Balaban J connectivity index is 0.000000320. The Labute approximate surface area is 191 Å². The van der Waals surface area contributed by atoms with Gasteiger partial charge in [0.2, 0.25) is 0 Å². The zero-order valence-electron chi connectivity index (χ0n) is 20.1. The SMILES string of the molecule is CC(C)(C)CCC(O)c1cc(O)cc(O)c1.CC(C)(C)CCC(O)c1cc(O)cc(O)c1. The summed E-state index contributed by atoms with van der Waals surface area (Å²) in [6.07, 6.45) is 1.71. The molecule has 0 aliphatic rings. The van der Waals surface area contributed by atoms with Crippen LogP contribution in [-0.4, -0.2) is 30.6 Å². The minimum atomic E-state index is -0.641. The summed E-state index contributed by atoms with van der Waals surface area (Å²) in [5, 5.41) is 57.0. The van der Waals surface area contributed by atoms with E-state index in [2.05, 4.69) is 41.5 Å². The first-order valence-electron chi connectivity index (χ1n) is 11.0. The molecule has 0 aliphatic carbocycles. The Morgan fingerprint density at radius 2 is 0.781 bits per heavy atom. The third kappa shape index (κ3) is 11.3. The predicted octanol–water partition coefficient (Wildman–Crippen LogP) is 5.92. The first-order chi connectivity index (χ1) is 14.6. The molecule has 2 aromatic rings. The fourth-order valence-corrected chi connectivity index (χ4v) is 3.09. The Hall–Kier alpha value is -2.44. The maximum absolute atomic E-state index is 9.91. The average Bonchev–Trinajstić information content (AvgIpc) is 2.62. The van der Waals surface area contributed by atoms with Crippen molar-refractivity contribution in [2.24, 2.45) is 10.8 Å². The van der Waals surface area contributed by atoms with E-state index in [0.717, 1.165) is 12.8 Å². The Bertz CT molecular complexity index is 736. The summed E-state index contributed by atoms with van der Waals surface area (Å²) in [6, 6.07) is 8.42. The third-order valence-electron chi connectivity index (χ3n) is 4.95. The molecular weight excluding hydrogens is 408 g/mol. The zero-order chi connectivity index (χ0) is 24.7. The number of aliphatic hydroxyl groups excluding tert-OH is 2. The van der Waals surface area contributed by atoms with Crippen LogP contribution in [0.25, 0.3) is 0 Å². The number of hydrogen-bond donors (Lipinski definition) is 6. The van der Waals surface area contributed by atoms with E-state index in [9.17, 15) is 30.6 Å². The summed E-state index contributed by atoms with van der Waals surface area (Å²) in [6.45, 7) is 12.7. The molecule has 6 heteroatoms. The lowest BCUT2D eigenvalue weighted by Gasteiger charge is -2.20. The molecule has 0 fully saturated rings. The molecule has 2 rings (SSSR count). The highest BCUT2D eigenvalue weighted by Gasteiger charge is 2.17. The topological polar surface area (TPSA) is 121 Å². The minimum absolute atomic E-state index is 0.0233. The van der Waals surface area contributed by atoms with Gasteiger partial charge in [0.05, 0.1) is 12.2 Å². The number of rotatable bonds is 6. The van der Waals surface area contributed by atoms with Crippen molar-refractivity contribution in [3.63, 3.8) is 0 Å². The highest BCUT2D eigenvalue weighted by Crippen LogP contribution is 2.32. The number of phenolic OH excluding ortho intramolecular Hbond substituents is 4. The molecule has 32 heavy (non-hydrogen) atoms. The summed E-state index contributed by atoms with van der Waals surface area (Å²) >= 11 is 0. The molecule has 2 atom stereocenters. The molecule has 6 N–H and O–H groups in total. The van der Waals surface area contributed by atoms with Gasteiger partial charge in [0.1, 0.15) is 23.0 Å². The monoisotopic (exact) mass is 448 g/mol. The maximum atomic E-state index is 9.91. The van der Waals surface area contributed by atoms with Crippen LogP contribution in [0, 0.1) is 10.8 Å². The smallest absolute Gasteiger partial charge is 0.119 e. The van der Waals surface area contributed by atoms with Gasteiger partial charge < -0.3 is 30.6 Å². The van der Waals surface area contributed by atoms with Gasteiger partial charge in [-0.05, 0) is 71.9 Å². The number of phenols is 4. The van der Waals surface area contributed by atoms with Gasteiger partial charge in [0, 0.05) is 12.1 Å². The molecule has 0 heterocycles. The van der Waals surface area contributed by atoms with Gasteiger partial charge in [-0.2, -0.15) is 0 Å². The number of aromatic hydroxyl groups is 4. The van der Waals surface area contributed by atoms with Crippen LogP contribution in [0.4, 0.5) is 0 Å². The summed E-state index contributed by atoms with van der Waals surface area (Å²) in [5.41, 5.74) is 1.45. The first kappa shape index (κ1) is 27.6. The minimum Gasteiger partial charge on any atom is -0.508 e. The molecule has 6 nitrogen and oxygen atoms in total. The van der Waals surface area contributed by atoms with E-state index in [1.165, 1.54) is 36.4 Å². The lowest BCUT2D eigenvalue weighted by atomic mass is 9.88. The molecule has 0 saturated heterocycles. The van der Waals surface area contributed by atoms with E-state index in [1.54, 1.807) is 0 Å². The van der Waals surface area contributed by atoms with Gasteiger partial charge >= 0.3 is 0 Å². The van der Waals surface area contributed by atoms with Crippen LogP contribution in [0.2, 0.25) is 0 Å². The lowest BCUT2D eigenvalue weighted by molar-refractivity contribution is 0.147. The van der Waals surface area contributed by atoms with Crippen LogP contribution in [0.5, 0.6) is 23.0 Å². The summed E-state index contributed by atoms with van der Waals surface area (Å²) in [4.78, 5) is 0. The zero-order valence-corrected chi connectivity index (χ0v) is 20.1. The van der Waals surface area contributed by atoms with Gasteiger partial charge in [0.15, 0.2) is 0 Å². The van der Waals surface area contributed by atoms with Crippen molar-refractivity contribution in [2.45, 2.75) is 79.4 Å². The molecule has 0 amide bonds. The Morgan fingerprint density at radius 3 is 1.00 bits per heavy atom. The molecule has 180 valence electrons. The molecule has 0 bridgehead atoms. The van der Waals surface area contributed by atoms with Crippen molar-refractivity contribution >= 4 is 0 Å². The molecule has 0 radical (unpaired) electrons. The highest BCUT2D eigenvalue weighted by molar-refractivity contribution is 5.38. The largest absolute Gasteiger partial charge is 0.508 e. The molecule has 0 saturated carbocycles. The quantitative estimate of drug-likeness (QED) is 0.326. The molecule has 0 aliphatic heterocycles. The van der Waals surface area contributed by atoms with Crippen LogP contribution < -0.4 is 0 Å². The van der Waals surface area contributed by atoms with Crippen molar-refractivity contribution in [1.82, 2.24) is 0 Å². The average molecular weight is 449 g/mol. The van der Waals surface area contributed by atoms with Gasteiger partial charge in [-0.15, -0.1) is 0 Å². The maximum Gasteiger partial charge on any atom is 0.119 e. The number of aliphatic hydroxyl groups is 2. The lowest BCUT2D eigenvalue weighted by Crippen LogP contribution is -2.08. The van der Waals surface area contributed by atoms with E-state index >= 15 is 0 Å². The van der Waals surface area contributed by atoms with Crippen molar-refractivity contribution in [3.05, 3.63) is 47.5 Å². The van der Waals surface area contributed by atoms with Gasteiger partial charge in [-0.3, -0.25) is 0 Å². The molecular formula is C26H40O6. The number of benzene rings is 2. The summed E-state index contributed by atoms with van der Waals surface area (Å²) in [5.74, 6) is -0.0933. The fraction of sp³-hybridized carbons (Fsp3) is 0.538. The van der Waals surface area contributed by atoms with E-state index in [1.807, 2.05) is 0 Å². The van der Waals surface area contributed by atoms with Gasteiger partial charge in [-0.1, -0.05) is 41.5 Å². The van der Waals surface area contributed by atoms with E-state index in [-0.39, 0.29) is 33.8 Å². The molecule has 0 spiro atoms. The highest BCUT2D eigenvalue weighted by atomic mass is 16.3. The summed E-state index contributed by atoms with van der Waals surface area (Å²) < 4.78 is 0. The Kier molecular flexibility index (Phi) is 9.86. The molecule has 0 aromatic heterocycles. The second-order valence-electron chi connectivity index (χ2n) is 10.8. The van der Waals surface area contributed by atoms with Crippen molar-refractivity contribution in [2.75, 3.05) is 0 Å². The first-order valence-corrected chi connectivity index (χ1v) is 11.0. The molecule has 2 unspecified atom stereocenters. The normalized spacial score (nSPS) is 13.8. The van der Waals surface area contributed by atoms with Crippen LogP contribution in [0.3, 0.4) is 0 Å². The Morgan fingerprint density at radius 1 is 0.531 bits per heavy atom. The van der Waals surface area contributed by atoms with Crippen LogP contribution in [0.1, 0.15) is 90.6 Å². The second kappa shape index (κ2) is 11.4. The third-order valence-corrected chi connectivity index (χ3v) is 4.95. The van der Waals surface area contributed by atoms with E-state index in [0.29, 0.717) is 24.0 Å². The van der Waals surface area contributed by atoms with Crippen molar-refractivity contribution in [3.8, 4) is 23.0 Å². The number of hydrogen-bond acceptors (Lipinski definition) is 6.